The molecule has 0 fully saturated rings. The molecule has 1 aliphatic heterocycles. The number of aryl methyl sites for hydroxylation is 1. The summed E-state index contributed by atoms with van der Waals surface area (Å²) in [5.41, 5.74) is 1.74. The Kier molecular flexibility index (Phi) is 5.95. The van der Waals surface area contributed by atoms with Crippen molar-refractivity contribution in [3.8, 4) is 11.8 Å². The molecule has 0 spiro atoms. The Bertz CT molecular complexity index is 1520. The van der Waals surface area contributed by atoms with Gasteiger partial charge >= 0.3 is 0 Å². The number of nitrogens with zero attached hydrogens (tertiary/aromatic N) is 5. The third-order valence-corrected chi connectivity index (χ3v) is 7.01. The Labute approximate surface area is 199 Å². The molecule has 0 saturated heterocycles. The Hall–Kier alpha value is -3.47. The molecule has 0 radical (unpaired) electrons. The number of halogens is 1. The molecule has 2 aromatic carbocycles. The Morgan fingerprint density at radius 2 is 1.85 bits per heavy atom. The number of hydrogen-bond donors (Lipinski definition) is 0. The van der Waals surface area contributed by atoms with Gasteiger partial charge in [0, 0.05) is 18.0 Å². The summed E-state index contributed by atoms with van der Waals surface area (Å²) in [7, 11) is 0. The molecule has 0 atom stereocenters. The highest BCUT2D eigenvalue weighted by atomic mass is 35.5. The average Bonchev–Trinajstić information content (AvgIpc) is 3.27. The van der Waals surface area contributed by atoms with Crippen LogP contribution in [-0.2, 0) is 13.0 Å². The first-order valence-corrected chi connectivity index (χ1v) is 12.0. The monoisotopic (exact) mass is 473 g/mol. The summed E-state index contributed by atoms with van der Waals surface area (Å²) in [4.78, 5) is 13.5. The molecule has 0 bridgehead atoms. The number of thiazole rings is 1. The molecule has 5 rings (SSSR count). The number of rotatable bonds is 3. The fourth-order valence-corrected chi connectivity index (χ4v) is 5.26. The van der Waals surface area contributed by atoms with Crippen LogP contribution in [0.5, 0.6) is 0 Å². The topological polar surface area (TPSA) is 76.5 Å². The maximum atomic E-state index is 13.5. The van der Waals surface area contributed by atoms with Gasteiger partial charge in [0.25, 0.3) is 5.56 Å². The quantitative estimate of drug-likeness (QED) is 0.457. The van der Waals surface area contributed by atoms with E-state index < -0.39 is 0 Å². The summed E-state index contributed by atoms with van der Waals surface area (Å²) in [5, 5.41) is 19.6. The van der Waals surface area contributed by atoms with Crippen molar-refractivity contribution in [2.45, 2.75) is 32.2 Å². The molecule has 1 aliphatic rings. The van der Waals surface area contributed by atoms with Crippen LogP contribution in [0.2, 0.25) is 5.02 Å². The predicted octanol–water partition coefficient (Wildman–Crippen LogP) is 3.42. The standard InChI is InChI=1S/C25H20ClN5OS/c26-18-12-10-17(11-13-18)15-21-24(32)31(19-7-3-1-4-8-19)25(33-21)20(16-27)23-29-28-22-9-5-2-6-14-30(22)23/h1,3-4,7-8,10-13,15H,2,5-6,9,14H2/b21-15-,25-20+. The van der Waals surface area contributed by atoms with Crippen LogP contribution in [0.15, 0.2) is 59.4 Å². The zero-order chi connectivity index (χ0) is 22.8. The maximum Gasteiger partial charge on any atom is 0.273 e. The number of para-hydroxylation sites is 1. The predicted molar refractivity (Wildman–Crippen MR) is 130 cm³/mol. The number of aromatic nitrogens is 4. The second kappa shape index (κ2) is 9.18. The minimum atomic E-state index is -0.181. The van der Waals surface area contributed by atoms with Gasteiger partial charge in [0.15, 0.2) is 5.82 Å². The summed E-state index contributed by atoms with van der Waals surface area (Å²) in [6.07, 6.45) is 5.87. The van der Waals surface area contributed by atoms with Crippen molar-refractivity contribution in [1.29, 1.82) is 5.26 Å². The van der Waals surface area contributed by atoms with Crippen molar-refractivity contribution in [3.63, 3.8) is 0 Å². The van der Waals surface area contributed by atoms with Crippen molar-refractivity contribution < 1.29 is 0 Å². The van der Waals surface area contributed by atoms with Gasteiger partial charge in [-0.15, -0.1) is 21.5 Å². The van der Waals surface area contributed by atoms with Gasteiger partial charge in [0.2, 0.25) is 0 Å². The molecule has 6 nitrogen and oxygen atoms in total. The van der Waals surface area contributed by atoms with Gasteiger partial charge in [-0.25, -0.2) is 0 Å². The summed E-state index contributed by atoms with van der Waals surface area (Å²) in [6, 6.07) is 19.0. The van der Waals surface area contributed by atoms with Crippen molar-refractivity contribution in [3.05, 3.63) is 96.4 Å². The van der Waals surface area contributed by atoms with Crippen molar-refractivity contribution in [2.24, 2.45) is 0 Å². The fraction of sp³-hybridized carbons (Fsp3) is 0.200. The van der Waals surface area contributed by atoms with Crippen molar-refractivity contribution in [2.75, 3.05) is 0 Å². The average molecular weight is 474 g/mol. The first-order valence-electron chi connectivity index (χ1n) is 10.8. The lowest BCUT2D eigenvalue weighted by Crippen LogP contribution is -2.31. The number of fused-ring (bicyclic) bond motifs is 1. The zero-order valence-corrected chi connectivity index (χ0v) is 19.3. The highest BCUT2D eigenvalue weighted by Crippen LogP contribution is 2.18. The van der Waals surface area contributed by atoms with Crippen LogP contribution >= 0.6 is 22.9 Å². The fourth-order valence-electron chi connectivity index (χ4n) is 4.04. The molecule has 2 aromatic heterocycles. The molecule has 8 heteroatoms. The van der Waals surface area contributed by atoms with Gasteiger partial charge in [0.1, 0.15) is 22.1 Å². The van der Waals surface area contributed by atoms with E-state index in [4.69, 9.17) is 11.6 Å². The van der Waals surface area contributed by atoms with Crippen LogP contribution in [0.1, 0.15) is 36.5 Å². The molecule has 0 aliphatic carbocycles. The molecule has 4 aromatic rings. The first kappa shape index (κ1) is 21.4. The Morgan fingerprint density at radius 1 is 1.06 bits per heavy atom. The second-order valence-corrected chi connectivity index (χ2v) is 9.30. The van der Waals surface area contributed by atoms with Gasteiger partial charge in [0.05, 0.1) is 10.2 Å². The molecule has 0 N–H and O–H groups in total. The molecule has 0 unspecified atom stereocenters. The van der Waals surface area contributed by atoms with E-state index >= 15 is 0 Å². The van der Waals surface area contributed by atoms with E-state index in [9.17, 15) is 10.1 Å². The van der Waals surface area contributed by atoms with E-state index in [0.29, 0.717) is 31.3 Å². The molecule has 3 heterocycles. The minimum Gasteiger partial charge on any atom is -0.310 e. The maximum absolute atomic E-state index is 13.5. The van der Waals surface area contributed by atoms with E-state index in [2.05, 4.69) is 16.3 Å². The highest BCUT2D eigenvalue weighted by molar-refractivity contribution is 7.07. The second-order valence-electron chi connectivity index (χ2n) is 7.83. The van der Waals surface area contributed by atoms with Gasteiger partial charge < -0.3 is 4.57 Å². The van der Waals surface area contributed by atoms with Gasteiger partial charge in [-0.05, 0) is 48.7 Å². The lowest BCUT2D eigenvalue weighted by molar-refractivity contribution is 0.627. The Morgan fingerprint density at radius 3 is 2.61 bits per heavy atom. The van der Waals surface area contributed by atoms with Crippen LogP contribution in [0.25, 0.3) is 17.3 Å². The largest absolute Gasteiger partial charge is 0.310 e. The summed E-state index contributed by atoms with van der Waals surface area (Å²) in [6.45, 7) is 0.771. The molecule has 0 amide bonds. The molecular formula is C25H20ClN5OS. The minimum absolute atomic E-state index is 0.181. The van der Waals surface area contributed by atoms with E-state index in [1.54, 1.807) is 16.7 Å². The smallest absolute Gasteiger partial charge is 0.273 e. The molecule has 33 heavy (non-hydrogen) atoms. The van der Waals surface area contributed by atoms with E-state index in [-0.39, 0.29) is 5.56 Å². The summed E-state index contributed by atoms with van der Waals surface area (Å²) < 4.78 is 4.71. The van der Waals surface area contributed by atoms with Crippen LogP contribution in [0.3, 0.4) is 0 Å². The lowest BCUT2D eigenvalue weighted by Gasteiger charge is -2.07. The lowest BCUT2D eigenvalue weighted by atomic mass is 10.2. The molecule has 0 saturated carbocycles. The Balaban J connectivity index is 1.82. The van der Waals surface area contributed by atoms with Gasteiger partial charge in [-0.1, -0.05) is 48.4 Å². The molecule has 164 valence electrons. The van der Waals surface area contributed by atoms with Crippen molar-refractivity contribution in [1.82, 2.24) is 19.3 Å². The highest BCUT2D eigenvalue weighted by Gasteiger charge is 2.21. The number of nitriles is 1. The van der Waals surface area contributed by atoms with Gasteiger partial charge in [-0.2, -0.15) is 5.26 Å². The SMILES string of the molecule is N#C/C(c1nnc2n1CCCCC2)=c1\s/c(=C\c2ccc(Cl)cc2)c(=O)n1-c1ccccc1. The third kappa shape index (κ3) is 4.15. The van der Waals surface area contributed by atoms with Crippen molar-refractivity contribution >= 4 is 34.6 Å². The van der Waals surface area contributed by atoms with Crippen LogP contribution < -0.4 is 14.8 Å². The number of hydrogen-bond acceptors (Lipinski definition) is 5. The van der Waals surface area contributed by atoms with E-state index in [0.717, 1.165) is 43.6 Å². The van der Waals surface area contributed by atoms with Crippen LogP contribution in [-0.4, -0.2) is 19.3 Å². The van der Waals surface area contributed by atoms with Gasteiger partial charge in [-0.3, -0.25) is 9.36 Å². The zero-order valence-electron chi connectivity index (χ0n) is 17.7. The summed E-state index contributed by atoms with van der Waals surface area (Å²) in [5.74, 6) is 1.42. The van der Waals surface area contributed by atoms with Crippen LogP contribution in [0.4, 0.5) is 0 Å². The van der Waals surface area contributed by atoms with E-state index in [1.165, 1.54) is 11.3 Å². The first-order chi connectivity index (χ1) is 16.2. The normalized spacial score (nSPS) is 15.0. The van der Waals surface area contributed by atoms with Crippen LogP contribution in [0, 0.1) is 11.3 Å². The molecular weight excluding hydrogens is 454 g/mol. The number of benzene rings is 2. The van der Waals surface area contributed by atoms with E-state index in [1.807, 2.05) is 53.1 Å². The third-order valence-electron chi connectivity index (χ3n) is 5.66. The summed E-state index contributed by atoms with van der Waals surface area (Å²) >= 11 is 7.30.